The molecule has 2 unspecified atom stereocenters. The Labute approximate surface area is 251 Å². The zero-order valence-corrected chi connectivity index (χ0v) is 24.8. The second-order valence-electron chi connectivity index (χ2n) is 11.3. The van der Waals surface area contributed by atoms with Crippen molar-refractivity contribution < 1.29 is 36.3 Å². The lowest BCUT2D eigenvalue weighted by atomic mass is 9.85. The number of nitrogen functional groups attached to an aromatic ring is 1. The van der Waals surface area contributed by atoms with Crippen LogP contribution in [0, 0.1) is 18.6 Å². The summed E-state index contributed by atoms with van der Waals surface area (Å²) in [5.41, 5.74) is 0.611. The molecular weight excluding hydrogens is 587 g/mol. The van der Waals surface area contributed by atoms with Gasteiger partial charge in [0.05, 0.1) is 23.0 Å². The molecule has 3 aromatic rings. The van der Waals surface area contributed by atoms with Crippen LogP contribution < -0.4 is 21.1 Å². The third-order valence-corrected chi connectivity index (χ3v) is 7.52. The molecule has 3 heterocycles. The minimum absolute atomic E-state index is 0.141. The van der Waals surface area contributed by atoms with E-state index in [-0.39, 0.29) is 29.2 Å². The van der Waals surface area contributed by atoms with Gasteiger partial charge >= 0.3 is 6.18 Å². The van der Waals surface area contributed by atoms with Crippen LogP contribution in [0.1, 0.15) is 64.2 Å². The molecule has 2 atom stereocenters. The monoisotopic (exact) mass is 620 g/mol. The Bertz CT molecular complexity index is 1570. The smallest absolute Gasteiger partial charge is 0.417 e. The Morgan fingerprint density at radius 2 is 1.95 bits per heavy atom. The molecule has 0 spiro atoms. The van der Waals surface area contributed by atoms with E-state index in [1.807, 2.05) is 6.92 Å². The fourth-order valence-corrected chi connectivity index (χ4v) is 5.14. The number of pyridine rings is 2. The number of amides is 1. The number of alkyl halides is 3. The molecule has 4 rings (SSSR count). The van der Waals surface area contributed by atoms with Crippen LogP contribution in [0.2, 0.25) is 0 Å². The van der Waals surface area contributed by atoms with Crippen molar-refractivity contribution >= 4 is 23.6 Å². The van der Waals surface area contributed by atoms with Gasteiger partial charge in [-0.25, -0.2) is 13.8 Å². The number of hydrogen-bond acceptors (Lipinski definition) is 8. The topological polar surface area (TPSA) is 122 Å². The van der Waals surface area contributed by atoms with Crippen molar-refractivity contribution in [3.63, 3.8) is 0 Å². The van der Waals surface area contributed by atoms with Crippen LogP contribution in [0.15, 0.2) is 24.4 Å². The maximum absolute atomic E-state index is 16.2. The first-order valence-corrected chi connectivity index (χ1v) is 13.7. The van der Waals surface area contributed by atoms with Gasteiger partial charge in [-0.2, -0.15) is 13.2 Å². The summed E-state index contributed by atoms with van der Waals surface area (Å²) in [5.74, 6) is -3.34. The van der Waals surface area contributed by atoms with Gasteiger partial charge in [0.25, 0.3) is 5.91 Å². The van der Waals surface area contributed by atoms with Crippen LogP contribution in [0.5, 0.6) is 5.88 Å². The SMILES string of the molecule is Cc1c(F)c(N)cc(-c2nc(OC(C)CC3(C)CCN3)c(C=O)c(NCc3ccc(C(=O)N(C)C)nc3)c2F)c1C(F)(F)F. The number of nitrogens with one attached hydrogen (secondary N) is 2. The van der Waals surface area contributed by atoms with E-state index in [0.29, 0.717) is 24.3 Å². The second-order valence-corrected chi connectivity index (χ2v) is 11.3. The number of aldehydes is 1. The van der Waals surface area contributed by atoms with Crippen LogP contribution in [-0.2, 0) is 12.7 Å². The van der Waals surface area contributed by atoms with Gasteiger partial charge in [-0.05, 0) is 57.0 Å². The number of hydrogen-bond donors (Lipinski definition) is 3. The summed E-state index contributed by atoms with van der Waals surface area (Å²) in [6, 6.07) is 3.67. The zero-order valence-electron chi connectivity index (χ0n) is 24.8. The second kappa shape index (κ2) is 12.3. The van der Waals surface area contributed by atoms with Crippen LogP contribution >= 0.6 is 0 Å². The molecule has 14 heteroatoms. The van der Waals surface area contributed by atoms with Gasteiger partial charge in [0.1, 0.15) is 22.8 Å². The molecule has 9 nitrogen and oxygen atoms in total. The quantitative estimate of drug-likeness (QED) is 0.157. The van der Waals surface area contributed by atoms with Crippen LogP contribution in [0.4, 0.5) is 33.3 Å². The summed E-state index contributed by atoms with van der Waals surface area (Å²) in [6.07, 6.45) is -2.72. The van der Waals surface area contributed by atoms with E-state index in [2.05, 4.69) is 20.6 Å². The van der Waals surface area contributed by atoms with Gasteiger partial charge in [0.15, 0.2) is 12.1 Å². The lowest BCUT2D eigenvalue weighted by Crippen LogP contribution is -2.56. The van der Waals surface area contributed by atoms with E-state index in [1.165, 1.54) is 17.2 Å². The number of nitrogens with zero attached hydrogens (tertiary/aromatic N) is 3. The summed E-state index contributed by atoms with van der Waals surface area (Å²) in [7, 11) is 3.13. The molecule has 1 aliphatic heterocycles. The molecule has 236 valence electrons. The normalized spacial score (nSPS) is 17.0. The Balaban J connectivity index is 1.84. The number of anilines is 2. The van der Waals surface area contributed by atoms with Crippen molar-refractivity contribution in [2.75, 3.05) is 31.7 Å². The molecule has 4 N–H and O–H groups in total. The average molecular weight is 621 g/mol. The fourth-order valence-electron chi connectivity index (χ4n) is 5.14. The first kappa shape index (κ1) is 32.6. The lowest BCUT2D eigenvalue weighted by Gasteiger charge is -2.41. The highest BCUT2D eigenvalue weighted by Crippen LogP contribution is 2.44. The van der Waals surface area contributed by atoms with E-state index in [4.69, 9.17) is 10.5 Å². The van der Waals surface area contributed by atoms with Gasteiger partial charge in [-0.3, -0.25) is 14.6 Å². The standard InChI is InChI=1S/C30H33F5N6O3/c1-15(11-29(3)8-9-39-29)44-27-19(14-42)25(38-13-17-6-7-21(37-12-17)28(43)41(4)5)24(32)26(40-27)18-10-20(36)23(31)16(2)22(18)30(33,34)35/h6-7,10,12,14-15,39H,8-9,11,13,36H2,1-5H3,(H,38,40). The molecule has 0 saturated carbocycles. The molecule has 0 aliphatic carbocycles. The molecule has 0 bridgehead atoms. The van der Waals surface area contributed by atoms with E-state index in [1.54, 1.807) is 27.1 Å². The van der Waals surface area contributed by atoms with Crippen molar-refractivity contribution in [3.8, 4) is 17.1 Å². The van der Waals surface area contributed by atoms with Crippen molar-refractivity contribution in [2.45, 2.75) is 58.0 Å². The maximum Gasteiger partial charge on any atom is 0.417 e. The van der Waals surface area contributed by atoms with Gasteiger partial charge < -0.3 is 26.0 Å². The molecule has 2 aromatic heterocycles. The number of rotatable bonds is 10. The summed E-state index contributed by atoms with van der Waals surface area (Å²) >= 11 is 0. The third-order valence-electron chi connectivity index (χ3n) is 7.52. The van der Waals surface area contributed by atoms with E-state index in [0.717, 1.165) is 19.9 Å². The number of carbonyl (C=O) groups excluding carboxylic acids is 2. The van der Waals surface area contributed by atoms with Crippen LogP contribution in [0.25, 0.3) is 11.3 Å². The molecule has 1 amide bonds. The van der Waals surface area contributed by atoms with Crippen molar-refractivity contribution in [1.82, 2.24) is 20.2 Å². The van der Waals surface area contributed by atoms with Crippen molar-refractivity contribution in [1.29, 1.82) is 0 Å². The van der Waals surface area contributed by atoms with Gasteiger partial charge in [0, 0.05) is 44.4 Å². The molecule has 0 radical (unpaired) electrons. The highest BCUT2D eigenvalue weighted by molar-refractivity contribution is 5.92. The number of carbonyl (C=O) groups is 2. The summed E-state index contributed by atoms with van der Waals surface area (Å²) in [6.45, 7) is 5.22. The van der Waals surface area contributed by atoms with E-state index >= 15 is 4.39 Å². The number of benzene rings is 1. The van der Waals surface area contributed by atoms with Crippen molar-refractivity contribution in [2.24, 2.45) is 0 Å². The molecule has 1 aliphatic rings. The molecule has 1 fully saturated rings. The first-order valence-electron chi connectivity index (χ1n) is 13.7. The predicted octanol–water partition coefficient (Wildman–Crippen LogP) is 5.37. The minimum Gasteiger partial charge on any atom is -0.474 e. The van der Waals surface area contributed by atoms with Crippen molar-refractivity contribution in [3.05, 3.63) is 64.0 Å². The summed E-state index contributed by atoms with van der Waals surface area (Å²) in [5, 5.41) is 6.03. The van der Waals surface area contributed by atoms with Crippen LogP contribution in [-0.4, -0.2) is 59.3 Å². The summed E-state index contributed by atoms with van der Waals surface area (Å²) < 4.78 is 79.4. The first-order chi connectivity index (χ1) is 20.6. The third kappa shape index (κ3) is 6.59. The van der Waals surface area contributed by atoms with E-state index in [9.17, 15) is 27.2 Å². The Kier molecular flexibility index (Phi) is 9.14. The highest BCUT2D eigenvalue weighted by Gasteiger charge is 2.39. The number of halogens is 5. The molecular formula is C30H33F5N6O3. The Morgan fingerprint density at radius 1 is 1.27 bits per heavy atom. The number of aromatic nitrogens is 2. The summed E-state index contributed by atoms with van der Waals surface area (Å²) in [4.78, 5) is 34.0. The predicted molar refractivity (Wildman–Crippen MR) is 154 cm³/mol. The minimum atomic E-state index is -5.10. The fraction of sp³-hybridized carbons (Fsp3) is 0.400. The maximum atomic E-state index is 16.2. The number of nitrogens with two attached hydrogens (primary N) is 1. The average Bonchev–Trinajstić information content (AvgIpc) is 2.93. The zero-order chi connectivity index (χ0) is 32.6. The number of ether oxygens (including phenoxy) is 1. The van der Waals surface area contributed by atoms with Gasteiger partial charge in [0.2, 0.25) is 5.88 Å². The highest BCUT2D eigenvalue weighted by atomic mass is 19.4. The molecule has 44 heavy (non-hydrogen) atoms. The van der Waals surface area contributed by atoms with Crippen LogP contribution in [0.3, 0.4) is 0 Å². The lowest BCUT2D eigenvalue weighted by molar-refractivity contribution is -0.137. The Morgan fingerprint density at radius 3 is 2.48 bits per heavy atom. The largest absolute Gasteiger partial charge is 0.474 e. The molecule has 1 aromatic carbocycles. The molecule has 1 saturated heterocycles. The Hall–Kier alpha value is -4.33. The van der Waals surface area contributed by atoms with Gasteiger partial charge in [-0.15, -0.1) is 0 Å². The van der Waals surface area contributed by atoms with Gasteiger partial charge in [-0.1, -0.05) is 6.07 Å². The van der Waals surface area contributed by atoms with E-state index < -0.39 is 63.6 Å².